The van der Waals surface area contributed by atoms with Crippen molar-refractivity contribution in [3.63, 3.8) is 0 Å². The predicted octanol–water partition coefficient (Wildman–Crippen LogP) is 2.03. The summed E-state index contributed by atoms with van der Waals surface area (Å²) in [4.78, 5) is 2.59. The molecule has 0 radical (unpaired) electrons. The molecule has 2 saturated carbocycles. The van der Waals surface area contributed by atoms with E-state index >= 15 is 0 Å². The maximum Gasteiger partial charge on any atom is 0.105 e. The molecular weight excluding hydrogens is 264 g/mol. The van der Waals surface area contributed by atoms with E-state index in [4.69, 9.17) is 4.74 Å². The molecule has 1 atom stereocenters. The number of aromatic nitrogens is 3. The molecule has 1 aromatic heterocycles. The second-order valence-corrected chi connectivity index (χ2v) is 7.06. The van der Waals surface area contributed by atoms with E-state index in [-0.39, 0.29) is 0 Å². The highest BCUT2D eigenvalue weighted by atomic mass is 16.5. The van der Waals surface area contributed by atoms with E-state index in [0.717, 1.165) is 38.0 Å². The van der Waals surface area contributed by atoms with Crippen LogP contribution < -0.4 is 0 Å². The summed E-state index contributed by atoms with van der Waals surface area (Å²) in [6, 6.07) is 0.312. The highest BCUT2D eigenvalue weighted by Gasteiger charge is 2.35. The Kier molecular flexibility index (Phi) is 3.71. The van der Waals surface area contributed by atoms with Crippen molar-refractivity contribution in [3.05, 3.63) is 11.4 Å². The van der Waals surface area contributed by atoms with Crippen molar-refractivity contribution >= 4 is 0 Å². The minimum atomic E-state index is 0.312. The zero-order valence-corrected chi connectivity index (χ0v) is 13.0. The first kappa shape index (κ1) is 13.7. The van der Waals surface area contributed by atoms with Crippen LogP contribution in [0.15, 0.2) is 0 Å². The molecule has 4 rings (SSSR count). The van der Waals surface area contributed by atoms with Gasteiger partial charge in [-0.1, -0.05) is 11.6 Å². The van der Waals surface area contributed by atoms with Gasteiger partial charge in [0.2, 0.25) is 0 Å². The van der Waals surface area contributed by atoms with Gasteiger partial charge in [0.15, 0.2) is 0 Å². The van der Waals surface area contributed by atoms with Crippen molar-refractivity contribution in [1.29, 1.82) is 0 Å². The van der Waals surface area contributed by atoms with Crippen LogP contribution in [0.5, 0.6) is 0 Å². The van der Waals surface area contributed by atoms with Gasteiger partial charge in [-0.25, -0.2) is 4.68 Å². The molecule has 1 unspecified atom stereocenters. The molecule has 0 bridgehead atoms. The zero-order chi connectivity index (χ0) is 14.2. The number of hydrogen-bond donors (Lipinski definition) is 0. The van der Waals surface area contributed by atoms with Gasteiger partial charge in [-0.05, 0) is 37.5 Å². The fourth-order valence-electron chi connectivity index (χ4n) is 3.70. The first-order valence-electron chi connectivity index (χ1n) is 8.50. The van der Waals surface area contributed by atoms with E-state index < -0.39 is 0 Å². The summed E-state index contributed by atoms with van der Waals surface area (Å²) in [7, 11) is 1.80. The maximum atomic E-state index is 5.49. The molecule has 0 N–H and O–H groups in total. The lowest BCUT2D eigenvalue weighted by molar-refractivity contribution is 0.0575. The topological polar surface area (TPSA) is 43.2 Å². The third kappa shape index (κ3) is 2.73. The van der Waals surface area contributed by atoms with E-state index in [2.05, 4.69) is 19.9 Å². The number of rotatable bonds is 6. The smallest absolute Gasteiger partial charge is 0.105 e. The Morgan fingerprint density at radius 2 is 1.95 bits per heavy atom. The first-order valence-corrected chi connectivity index (χ1v) is 8.50. The van der Waals surface area contributed by atoms with Crippen molar-refractivity contribution in [2.45, 2.75) is 51.1 Å². The molecule has 0 aromatic carbocycles. The predicted molar refractivity (Wildman–Crippen MR) is 80.0 cm³/mol. The van der Waals surface area contributed by atoms with Gasteiger partial charge in [0.25, 0.3) is 0 Å². The Balaban J connectivity index is 1.52. The lowest BCUT2D eigenvalue weighted by Gasteiger charge is -2.39. The molecule has 2 heterocycles. The van der Waals surface area contributed by atoms with E-state index in [0.29, 0.717) is 6.04 Å². The molecule has 0 spiro atoms. The second kappa shape index (κ2) is 5.69. The van der Waals surface area contributed by atoms with Gasteiger partial charge in [-0.3, -0.25) is 4.90 Å². The lowest BCUT2D eigenvalue weighted by Crippen LogP contribution is -2.42. The van der Waals surface area contributed by atoms with Gasteiger partial charge in [0.1, 0.15) is 5.69 Å². The zero-order valence-electron chi connectivity index (χ0n) is 13.0. The molecule has 1 aliphatic heterocycles. The van der Waals surface area contributed by atoms with Crippen LogP contribution in [0.3, 0.4) is 0 Å². The molecule has 2 aliphatic carbocycles. The molecule has 5 heteroatoms. The number of methoxy groups -OCH3 is 1. The van der Waals surface area contributed by atoms with Gasteiger partial charge in [-0.15, -0.1) is 5.10 Å². The van der Waals surface area contributed by atoms with E-state index in [1.165, 1.54) is 50.0 Å². The van der Waals surface area contributed by atoms with Gasteiger partial charge in [0, 0.05) is 33.2 Å². The average molecular weight is 290 g/mol. The summed E-state index contributed by atoms with van der Waals surface area (Å²) in [5, 5.41) is 8.97. The Morgan fingerprint density at radius 3 is 2.62 bits per heavy atom. The quantitative estimate of drug-likeness (QED) is 0.804. The monoisotopic (exact) mass is 290 g/mol. The molecule has 3 aliphatic rings. The van der Waals surface area contributed by atoms with Crippen molar-refractivity contribution in [1.82, 2.24) is 19.9 Å². The van der Waals surface area contributed by atoms with E-state index in [9.17, 15) is 0 Å². The Hall–Kier alpha value is -0.940. The second-order valence-electron chi connectivity index (χ2n) is 7.06. The molecule has 2 fully saturated rings. The maximum absolute atomic E-state index is 5.49. The number of nitrogens with zero attached hydrogens (tertiary/aromatic N) is 4. The Morgan fingerprint density at radius 1 is 1.14 bits per heavy atom. The fraction of sp³-hybridized carbons (Fsp3) is 0.875. The standard InChI is InChI=1S/C16H26N4O/c1-21-11-15-16-14(20(18-17-16)10-13-5-6-13)7-8-19(15)9-12-3-2-4-12/h12-13,15H,2-11H2,1H3. The van der Waals surface area contributed by atoms with Crippen LogP contribution in [0.25, 0.3) is 0 Å². The van der Waals surface area contributed by atoms with Gasteiger partial charge in [0.05, 0.1) is 18.3 Å². The summed E-state index contributed by atoms with van der Waals surface area (Å²) in [5.74, 6) is 1.75. The Bertz CT molecular complexity index is 492. The third-order valence-electron chi connectivity index (χ3n) is 5.43. The van der Waals surface area contributed by atoms with Crippen LogP contribution in [-0.2, 0) is 17.7 Å². The summed E-state index contributed by atoms with van der Waals surface area (Å²) in [6.07, 6.45) is 8.04. The normalized spacial score (nSPS) is 26.6. The Labute approximate surface area is 126 Å². The van der Waals surface area contributed by atoms with Crippen LogP contribution in [0.2, 0.25) is 0 Å². The summed E-state index contributed by atoms with van der Waals surface area (Å²) in [5.41, 5.74) is 2.55. The van der Waals surface area contributed by atoms with Gasteiger partial charge < -0.3 is 4.74 Å². The van der Waals surface area contributed by atoms with Crippen LogP contribution in [-0.4, -0.2) is 46.7 Å². The summed E-state index contributed by atoms with van der Waals surface area (Å²) >= 11 is 0. The largest absolute Gasteiger partial charge is 0.383 e. The molecule has 0 amide bonds. The molecule has 0 saturated heterocycles. The van der Waals surface area contributed by atoms with E-state index in [1.807, 2.05) is 0 Å². The minimum absolute atomic E-state index is 0.312. The molecule has 116 valence electrons. The van der Waals surface area contributed by atoms with Crippen LogP contribution in [0.4, 0.5) is 0 Å². The first-order chi connectivity index (χ1) is 10.3. The molecular formula is C16H26N4O. The van der Waals surface area contributed by atoms with Crippen molar-refractivity contribution in [3.8, 4) is 0 Å². The SMILES string of the molecule is COCC1c2nnn(CC3CC3)c2CCN1CC1CCC1. The van der Waals surface area contributed by atoms with Crippen molar-refractivity contribution in [2.75, 3.05) is 26.8 Å². The third-order valence-corrected chi connectivity index (χ3v) is 5.43. The fourth-order valence-corrected chi connectivity index (χ4v) is 3.70. The minimum Gasteiger partial charge on any atom is -0.383 e. The van der Waals surface area contributed by atoms with Crippen LogP contribution in [0, 0.1) is 11.8 Å². The summed E-state index contributed by atoms with van der Waals surface area (Å²) < 4.78 is 7.66. The van der Waals surface area contributed by atoms with Gasteiger partial charge >= 0.3 is 0 Å². The van der Waals surface area contributed by atoms with E-state index in [1.54, 1.807) is 7.11 Å². The van der Waals surface area contributed by atoms with Gasteiger partial charge in [-0.2, -0.15) is 0 Å². The number of hydrogen-bond acceptors (Lipinski definition) is 4. The molecule has 1 aromatic rings. The van der Waals surface area contributed by atoms with Crippen LogP contribution >= 0.6 is 0 Å². The summed E-state index contributed by atoms with van der Waals surface area (Å²) in [6.45, 7) is 4.16. The molecule has 5 nitrogen and oxygen atoms in total. The number of ether oxygens (including phenoxy) is 1. The highest BCUT2D eigenvalue weighted by Crippen LogP contribution is 2.35. The average Bonchev–Trinajstić information content (AvgIpc) is 3.16. The van der Waals surface area contributed by atoms with Crippen LogP contribution in [0.1, 0.15) is 49.5 Å². The lowest BCUT2D eigenvalue weighted by atomic mass is 9.84. The van der Waals surface area contributed by atoms with Crippen molar-refractivity contribution in [2.24, 2.45) is 11.8 Å². The highest BCUT2D eigenvalue weighted by molar-refractivity contribution is 5.19. The molecule has 21 heavy (non-hydrogen) atoms. The van der Waals surface area contributed by atoms with Crippen molar-refractivity contribution < 1.29 is 4.74 Å². The number of fused-ring (bicyclic) bond motifs is 1.